The monoisotopic (exact) mass is 305 g/mol. The van der Waals surface area contributed by atoms with Gasteiger partial charge in [0, 0.05) is 11.1 Å². The number of amides is 1. The normalized spacial score (nSPS) is 10.3. The Kier molecular flexibility index (Phi) is 4.29. The van der Waals surface area contributed by atoms with Crippen molar-refractivity contribution in [1.29, 1.82) is 0 Å². The number of hydrogen-bond donors (Lipinski definition) is 2. The molecule has 0 saturated carbocycles. The lowest BCUT2D eigenvalue weighted by Gasteiger charge is -2.07. The third kappa shape index (κ3) is 3.71. The summed E-state index contributed by atoms with van der Waals surface area (Å²) in [6.07, 6.45) is 3.23. The fourth-order valence-electron chi connectivity index (χ4n) is 2.17. The maximum Gasteiger partial charge on any atom is 0.229 e. The van der Waals surface area contributed by atoms with Crippen molar-refractivity contribution in [3.63, 3.8) is 0 Å². The first-order valence-electron chi connectivity index (χ1n) is 7.16. The molecule has 1 heterocycles. The van der Waals surface area contributed by atoms with Gasteiger partial charge in [-0.05, 0) is 6.07 Å². The number of para-hydroxylation sites is 1. The van der Waals surface area contributed by atoms with Crippen LogP contribution in [0.5, 0.6) is 5.75 Å². The number of aromatic hydroxyl groups is 1. The van der Waals surface area contributed by atoms with Crippen molar-refractivity contribution in [3.05, 3.63) is 72.6 Å². The topological polar surface area (TPSA) is 75.1 Å². The average molecular weight is 305 g/mol. The predicted octanol–water partition coefficient (Wildman–Crippen LogP) is 3.03. The maximum atomic E-state index is 12.0. The molecule has 23 heavy (non-hydrogen) atoms. The highest BCUT2D eigenvalue weighted by Gasteiger charge is 2.08. The van der Waals surface area contributed by atoms with Crippen LogP contribution in [0.15, 0.2) is 67.0 Å². The zero-order valence-electron chi connectivity index (χ0n) is 12.3. The van der Waals surface area contributed by atoms with Gasteiger partial charge in [0.1, 0.15) is 5.75 Å². The van der Waals surface area contributed by atoms with Crippen molar-refractivity contribution in [2.45, 2.75) is 6.42 Å². The van der Waals surface area contributed by atoms with E-state index in [9.17, 15) is 9.90 Å². The Balaban J connectivity index is 1.66. The number of hydrogen-bond acceptors (Lipinski definition) is 4. The Morgan fingerprint density at radius 1 is 0.957 bits per heavy atom. The van der Waals surface area contributed by atoms with Crippen molar-refractivity contribution >= 4 is 11.6 Å². The molecule has 0 unspecified atom stereocenters. The average Bonchev–Trinajstić information content (AvgIpc) is 2.58. The number of rotatable bonds is 4. The maximum absolute atomic E-state index is 12.0. The van der Waals surface area contributed by atoms with E-state index in [0.29, 0.717) is 17.1 Å². The van der Waals surface area contributed by atoms with E-state index >= 15 is 0 Å². The molecule has 1 amide bonds. The van der Waals surface area contributed by atoms with Gasteiger partial charge in [-0.15, -0.1) is 0 Å². The molecule has 0 bridgehead atoms. The van der Waals surface area contributed by atoms with Gasteiger partial charge in [0.15, 0.2) is 5.82 Å². The second-order valence-electron chi connectivity index (χ2n) is 5.02. The smallest absolute Gasteiger partial charge is 0.229 e. The van der Waals surface area contributed by atoms with E-state index in [1.54, 1.807) is 36.7 Å². The van der Waals surface area contributed by atoms with Crippen LogP contribution >= 0.6 is 0 Å². The quantitative estimate of drug-likeness (QED) is 0.777. The van der Waals surface area contributed by atoms with Crippen LogP contribution in [0.4, 0.5) is 5.69 Å². The van der Waals surface area contributed by atoms with E-state index in [1.807, 2.05) is 30.3 Å². The summed E-state index contributed by atoms with van der Waals surface area (Å²) in [4.78, 5) is 20.5. The van der Waals surface area contributed by atoms with Crippen LogP contribution in [0.25, 0.3) is 11.4 Å². The molecule has 3 aromatic rings. The van der Waals surface area contributed by atoms with E-state index < -0.39 is 0 Å². The second-order valence-corrected chi connectivity index (χ2v) is 5.02. The van der Waals surface area contributed by atoms with Crippen LogP contribution in [-0.4, -0.2) is 21.0 Å². The highest BCUT2D eigenvalue weighted by molar-refractivity contribution is 5.92. The molecule has 0 aliphatic rings. The zero-order valence-corrected chi connectivity index (χ0v) is 12.3. The van der Waals surface area contributed by atoms with E-state index in [2.05, 4.69) is 15.3 Å². The van der Waals surface area contributed by atoms with Crippen molar-refractivity contribution < 1.29 is 9.90 Å². The van der Waals surface area contributed by atoms with Crippen LogP contribution in [0.2, 0.25) is 0 Å². The Labute approximate surface area is 133 Å². The van der Waals surface area contributed by atoms with E-state index in [1.165, 1.54) is 0 Å². The summed E-state index contributed by atoms with van der Waals surface area (Å²) < 4.78 is 0. The number of phenols is 1. The fraction of sp³-hybridized carbons (Fsp3) is 0.0556. The fourth-order valence-corrected chi connectivity index (χ4v) is 2.17. The summed E-state index contributed by atoms with van der Waals surface area (Å²) in [5.41, 5.74) is 2.01. The summed E-state index contributed by atoms with van der Waals surface area (Å²) in [5, 5.41) is 12.4. The lowest BCUT2D eigenvalue weighted by Crippen LogP contribution is -2.14. The molecule has 2 aromatic carbocycles. The highest BCUT2D eigenvalue weighted by Crippen LogP contribution is 2.17. The minimum Gasteiger partial charge on any atom is -0.508 e. The van der Waals surface area contributed by atoms with Crippen LogP contribution < -0.4 is 5.32 Å². The lowest BCUT2D eigenvalue weighted by atomic mass is 10.1. The second kappa shape index (κ2) is 6.70. The first-order valence-corrected chi connectivity index (χ1v) is 7.16. The Morgan fingerprint density at radius 3 is 2.30 bits per heavy atom. The van der Waals surface area contributed by atoms with E-state index in [0.717, 1.165) is 5.56 Å². The van der Waals surface area contributed by atoms with Crippen LogP contribution in [0, 0.1) is 0 Å². The molecule has 1 aromatic heterocycles. The lowest BCUT2D eigenvalue weighted by molar-refractivity contribution is -0.115. The van der Waals surface area contributed by atoms with Gasteiger partial charge in [0.25, 0.3) is 0 Å². The van der Waals surface area contributed by atoms with Crippen LogP contribution in [0.3, 0.4) is 0 Å². The standard InChI is InChI=1S/C18H15N3O2/c22-16-9-5-4-8-14(16)10-17(23)21-15-11-19-18(20-12-15)13-6-2-1-3-7-13/h1-9,11-12,22H,10H2,(H,21,23). The molecule has 5 nitrogen and oxygen atoms in total. The number of carbonyl (C=O) groups excluding carboxylic acids is 1. The molecule has 114 valence electrons. The van der Waals surface area contributed by atoms with Gasteiger partial charge in [-0.1, -0.05) is 48.5 Å². The van der Waals surface area contributed by atoms with Gasteiger partial charge >= 0.3 is 0 Å². The Bertz CT molecular complexity index is 802. The number of nitrogens with one attached hydrogen (secondary N) is 1. The van der Waals surface area contributed by atoms with Gasteiger partial charge in [-0.25, -0.2) is 9.97 Å². The molecule has 0 radical (unpaired) electrons. The molecule has 0 aliphatic heterocycles. The largest absolute Gasteiger partial charge is 0.508 e. The SMILES string of the molecule is O=C(Cc1ccccc1O)Nc1cnc(-c2ccccc2)nc1. The van der Waals surface area contributed by atoms with Gasteiger partial charge in [0.2, 0.25) is 5.91 Å². The van der Waals surface area contributed by atoms with Crippen LogP contribution in [0.1, 0.15) is 5.56 Å². The molecule has 0 fully saturated rings. The molecule has 0 aliphatic carbocycles. The molecule has 0 atom stereocenters. The number of aromatic nitrogens is 2. The van der Waals surface area contributed by atoms with Crippen molar-refractivity contribution in [1.82, 2.24) is 9.97 Å². The van der Waals surface area contributed by atoms with Gasteiger partial charge in [-0.2, -0.15) is 0 Å². The van der Waals surface area contributed by atoms with E-state index in [-0.39, 0.29) is 18.1 Å². The van der Waals surface area contributed by atoms with Gasteiger partial charge in [0.05, 0.1) is 24.5 Å². The predicted molar refractivity (Wildman–Crippen MR) is 87.9 cm³/mol. The molecule has 0 spiro atoms. The third-order valence-electron chi connectivity index (χ3n) is 3.31. The summed E-state index contributed by atoms with van der Waals surface area (Å²) >= 11 is 0. The number of benzene rings is 2. The summed E-state index contributed by atoms with van der Waals surface area (Å²) in [5.74, 6) is 0.477. The summed E-state index contributed by atoms with van der Waals surface area (Å²) in [6.45, 7) is 0. The molecule has 0 saturated heterocycles. The van der Waals surface area contributed by atoms with Crippen molar-refractivity contribution in [3.8, 4) is 17.1 Å². The molecular formula is C18H15N3O2. The van der Waals surface area contributed by atoms with Crippen molar-refractivity contribution in [2.75, 3.05) is 5.32 Å². The number of nitrogens with zero attached hydrogens (tertiary/aromatic N) is 2. The molecule has 5 heteroatoms. The van der Waals surface area contributed by atoms with E-state index in [4.69, 9.17) is 0 Å². The Morgan fingerprint density at radius 2 is 1.61 bits per heavy atom. The molecule has 3 rings (SSSR count). The minimum atomic E-state index is -0.234. The first kappa shape index (κ1) is 14.7. The molecule has 2 N–H and O–H groups in total. The van der Waals surface area contributed by atoms with Gasteiger partial charge in [-0.3, -0.25) is 4.79 Å². The molecular weight excluding hydrogens is 290 g/mol. The minimum absolute atomic E-state index is 0.0904. The van der Waals surface area contributed by atoms with Gasteiger partial charge < -0.3 is 10.4 Å². The highest BCUT2D eigenvalue weighted by atomic mass is 16.3. The summed E-state index contributed by atoms with van der Waals surface area (Å²) in [7, 11) is 0. The zero-order chi connectivity index (χ0) is 16.1. The Hall–Kier alpha value is -3.21. The van der Waals surface area contributed by atoms with Crippen molar-refractivity contribution in [2.24, 2.45) is 0 Å². The number of carbonyl (C=O) groups is 1. The van der Waals surface area contributed by atoms with Crippen LogP contribution in [-0.2, 0) is 11.2 Å². The number of phenolic OH excluding ortho intramolecular Hbond substituents is 1. The summed E-state index contributed by atoms with van der Waals surface area (Å²) in [6, 6.07) is 16.4. The number of anilines is 1. The first-order chi connectivity index (χ1) is 11.2. The third-order valence-corrected chi connectivity index (χ3v) is 3.31.